The Bertz CT molecular complexity index is 416. The number of hydrogen-bond donors (Lipinski definition) is 1. The summed E-state index contributed by atoms with van der Waals surface area (Å²) in [6.07, 6.45) is 0.318. The molecule has 4 heteroatoms. The lowest BCUT2D eigenvalue weighted by Gasteiger charge is -2.23. The molecule has 18 heavy (non-hydrogen) atoms. The molecule has 1 aromatic rings. The Labute approximate surface area is 107 Å². The maximum absolute atomic E-state index is 11.9. The van der Waals surface area contributed by atoms with Crippen LogP contribution in [0.5, 0.6) is 0 Å². The summed E-state index contributed by atoms with van der Waals surface area (Å²) in [6, 6.07) is 8.94. The molecule has 2 atom stereocenters. The van der Waals surface area contributed by atoms with Gasteiger partial charge < -0.3 is 10.0 Å². The largest absolute Gasteiger partial charge is 0.480 e. The molecule has 0 aliphatic heterocycles. The van der Waals surface area contributed by atoms with Crippen LogP contribution in [0.25, 0.3) is 0 Å². The van der Waals surface area contributed by atoms with E-state index in [-0.39, 0.29) is 11.8 Å². The Morgan fingerprint density at radius 3 is 2.28 bits per heavy atom. The number of aliphatic carboxylic acids is 1. The standard InChI is InChI=1S/C14H19NO3/c1-10(12-7-5-4-6-8-12)9-13(16)15(3)11(2)14(17)18/h4-8,10-11H,9H2,1-3H3,(H,17,18). The molecule has 0 aromatic heterocycles. The van der Waals surface area contributed by atoms with Crippen molar-refractivity contribution in [3.05, 3.63) is 35.9 Å². The maximum Gasteiger partial charge on any atom is 0.326 e. The van der Waals surface area contributed by atoms with Crippen molar-refractivity contribution in [2.24, 2.45) is 0 Å². The van der Waals surface area contributed by atoms with Gasteiger partial charge in [0.15, 0.2) is 0 Å². The van der Waals surface area contributed by atoms with Crippen LogP contribution in [0.1, 0.15) is 31.7 Å². The summed E-state index contributed by atoms with van der Waals surface area (Å²) in [6.45, 7) is 3.47. The lowest BCUT2D eigenvalue weighted by atomic mass is 9.97. The van der Waals surface area contributed by atoms with Crippen LogP contribution < -0.4 is 0 Å². The number of carbonyl (C=O) groups is 2. The Morgan fingerprint density at radius 2 is 1.78 bits per heavy atom. The van der Waals surface area contributed by atoms with E-state index in [0.717, 1.165) is 5.56 Å². The molecule has 2 unspecified atom stereocenters. The molecule has 0 aliphatic carbocycles. The summed E-state index contributed by atoms with van der Waals surface area (Å²) in [5.41, 5.74) is 1.09. The molecule has 0 radical (unpaired) electrons. The molecule has 1 rings (SSSR count). The average Bonchev–Trinajstić information content (AvgIpc) is 2.37. The van der Waals surface area contributed by atoms with Crippen molar-refractivity contribution >= 4 is 11.9 Å². The highest BCUT2D eigenvalue weighted by molar-refractivity contribution is 5.83. The van der Waals surface area contributed by atoms with E-state index < -0.39 is 12.0 Å². The van der Waals surface area contributed by atoms with Gasteiger partial charge in [0.25, 0.3) is 0 Å². The Hall–Kier alpha value is -1.84. The number of rotatable bonds is 5. The van der Waals surface area contributed by atoms with E-state index in [2.05, 4.69) is 0 Å². The van der Waals surface area contributed by atoms with Crippen molar-refractivity contribution in [2.75, 3.05) is 7.05 Å². The van der Waals surface area contributed by atoms with Gasteiger partial charge in [0.1, 0.15) is 6.04 Å². The molecule has 4 nitrogen and oxygen atoms in total. The number of amides is 1. The summed E-state index contributed by atoms with van der Waals surface area (Å²) in [4.78, 5) is 24.0. The fourth-order valence-corrected chi connectivity index (χ4v) is 1.69. The summed E-state index contributed by atoms with van der Waals surface area (Å²) in [5, 5.41) is 8.86. The minimum Gasteiger partial charge on any atom is -0.480 e. The van der Waals surface area contributed by atoms with Gasteiger partial charge in [-0.15, -0.1) is 0 Å². The fraction of sp³-hybridized carbons (Fsp3) is 0.429. The van der Waals surface area contributed by atoms with Crippen molar-refractivity contribution in [1.29, 1.82) is 0 Å². The molecule has 98 valence electrons. The first-order valence-electron chi connectivity index (χ1n) is 5.97. The average molecular weight is 249 g/mol. The van der Waals surface area contributed by atoms with E-state index in [0.29, 0.717) is 6.42 Å². The van der Waals surface area contributed by atoms with E-state index in [1.54, 1.807) is 0 Å². The van der Waals surface area contributed by atoms with Crippen molar-refractivity contribution in [2.45, 2.75) is 32.2 Å². The predicted molar refractivity (Wildman–Crippen MR) is 69.3 cm³/mol. The summed E-state index contributed by atoms with van der Waals surface area (Å²) >= 11 is 0. The third kappa shape index (κ3) is 3.58. The second-order valence-electron chi connectivity index (χ2n) is 4.53. The Morgan fingerprint density at radius 1 is 1.22 bits per heavy atom. The molecule has 0 spiro atoms. The molecule has 0 saturated heterocycles. The zero-order valence-electron chi connectivity index (χ0n) is 11.0. The van der Waals surface area contributed by atoms with Gasteiger partial charge in [-0.1, -0.05) is 37.3 Å². The van der Waals surface area contributed by atoms with Crippen LogP contribution in [-0.2, 0) is 9.59 Å². The number of carboxylic acids is 1. The van der Waals surface area contributed by atoms with E-state index >= 15 is 0 Å². The summed E-state index contributed by atoms with van der Waals surface area (Å²) in [5.74, 6) is -1.05. The van der Waals surface area contributed by atoms with Gasteiger partial charge in [0, 0.05) is 13.5 Å². The first-order valence-corrected chi connectivity index (χ1v) is 5.97. The molecule has 1 N–H and O–H groups in total. The van der Waals surface area contributed by atoms with Crippen molar-refractivity contribution in [1.82, 2.24) is 4.90 Å². The number of benzene rings is 1. The van der Waals surface area contributed by atoms with Crippen LogP contribution in [0.15, 0.2) is 30.3 Å². The van der Waals surface area contributed by atoms with Gasteiger partial charge >= 0.3 is 5.97 Å². The van der Waals surface area contributed by atoms with Crippen LogP contribution >= 0.6 is 0 Å². The molecule has 0 saturated carbocycles. The number of carboxylic acid groups (broad SMARTS) is 1. The zero-order valence-corrected chi connectivity index (χ0v) is 11.0. The van der Waals surface area contributed by atoms with Crippen molar-refractivity contribution < 1.29 is 14.7 Å². The quantitative estimate of drug-likeness (QED) is 0.869. The first kappa shape index (κ1) is 14.2. The van der Waals surface area contributed by atoms with Crippen molar-refractivity contribution in [3.63, 3.8) is 0 Å². The van der Waals surface area contributed by atoms with Crippen LogP contribution in [0.2, 0.25) is 0 Å². The molecule has 1 amide bonds. The Balaban J connectivity index is 2.62. The van der Waals surface area contributed by atoms with Gasteiger partial charge in [-0.3, -0.25) is 4.79 Å². The van der Waals surface area contributed by atoms with Crippen LogP contribution in [0.4, 0.5) is 0 Å². The summed E-state index contributed by atoms with van der Waals surface area (Å²) < 4.78 is 0. The van der Waals surface area contributed by atoms with Crippen LogP contribution in [-0.4, -0.2) is 35.0 Å². The monoisotopic (exact) mass is 249 g/mol. The van der Waals surface area contributed by atoms with E-state index in [1.165, 1.54) is 18.9 Å². The van der Waals surface area contributed by atoms with Gasteiger partial charge in [0.2, 0.25) is 5.91 Å². The smallest absolute Gasteiger partial charge is 0.326 e. The lowest BCUT2D eigenvalue weighted by molar-refractivity contribution is -0.148. The fourth-order valence-electron chi connectivity index (χ4n) is 1.69. The zero-order chi connectivity index (χ0) is 13.7. The molecule has 1 aromatic carbocycles. The van der Waals surface area contributed by atoms with Gasteiger partial charge in [-0.05, 0) is 18.4 Å². The molecular formula is C14H19NO3. The highest BCUT2D eigenvalue weighted by atomic mass is 16.4. The molecular weight excluding hydrogens is 230 g/mol. The van der Waals surface area contributed by atoms with Crippen LogP contribution in [0, 0.1) is 0 Å². The first-order chi connectivity index (χ1) is 8.43. The van der Waals surface area contributed by atoms with Gasteiger partial charge in [0.05, 0.1) is 0 Å². The van der Waals surface area contributed by atoms with Gasteiger partial charge in [-0.25, -0.2) is 4.79 Å². The minimum absolute atomic E-state index is 0.0853. The second-order valence-corrected chi connectivity index (χ2v) is 4.53. The molecule has 0 aliphatic rings. The molecule has 0 bridgehead atoms. The van der Waals surface area contributed by atoms with E-state index in [9.17, 15) is 9.59 Å². The summed E-state index contributed by atoms with van der Waals surface area (Å²) in [7, 11) is 1.53. The van der Waals surface area contributed by atoms with Crippen molar-refractivity contribution in [3.8, 4) is 0 Å². The van der Waals surface area contributed by atoms with E-state index in [1.807, 2.05) is 37.3 Å². The maximum atomic E-state index is 11.9. The SMILES string of the molecule is CC(CC(=O)N(C)C(C)C(=O)O)c1ccccc1. The van der Waals surface area contributed by atoms with Gasteiger partial charge in [-0.2, -0.15) is 0 Å². The van der Waals surface area contributed by atoms with Crippen LogP contribution in [0.3, 0.4) is 0 Å². The topological polar surface area (TPSA) is 57.6 Å². The number of carbonyl (C=O) groups excluding carboxylic acids is 1. The predicted octanol–water partition coefficient (Wildman–Crippen LogP) is 2.11. The number of nitrogens with zero attached hydrogens (tertiary/aromatic N) is 1. The third-order valence-electron chi connectivity index (χ3n) is 3.18. The highest BCUT2D eigenvalue weighted by Crippen LogP contribution is 2.19. The third-order valence-corrected chi connectivity index (χ3v) is 3.18. The highest BCUT2D eigenvalue weighted by Gasteiger charge is 2.23. The number of likely N-dealkylation sites (N-methyl/N-ethyl adjacent to an activating group) is 1. The van der Waals surface area contributed by atoms with E-state index in [4.69, 9.17) is 5.11 Å². The minimum atomic E-state index is -0.988. The Kier molecular flexibility index (Phi) is 4.89. The lowest BCUT2D eigenvalue weighted by Crippen LogP contribution is -2.40. The second kappa shape index (κ2) is 6.19. The molecule has 0 fully saturated rings. The number of hydrogen-bond acceptors (Lipinski definition) is 2. The molecule has 0 heterocycles. The normalized spacial score (nSPS) is 13.7.